The normalized spacial score (nSPS) is 15.8. The van der Waals surface area contributed by atoms with Gasteiger partial charge < -0.3 is 24.7 Å². The summed E-state index contributed by atoms with van der Waals surface area (Å²) in [6.45, 7) is 0.629. The smallest absolute Gasteiger partial charge is 0.273 e. The Bertz CT molecular complexity index is 1010. The van der Waals surface area contributed by atoms with Crippen LogP contribution in [0.1, 0.15) is 23.7 Å². The van der Waals surface area contributed by atoms with E-state index < -0.39 is 6.17 Å². The minimum Gasteiger partial charge on any atom is -0.396 e. The molecular formula is C24H28ClFN4O3. The molecule has 0 aromatic heterocycles. The number of halogens is 2. The van der Waals surface area contributed by atoms with E-state index in [1.165, 1.54) is 21.9 Å². The number of carbonyl (C=O) groups excluding carboxylic acids is 2. The summed E-state index contributed by atoms with van der Waals surface area (Å²) in [5.41, 5.74) is 2.03. The molecule has 2 aromatic rings. The molecule has 0 aliphatic carbocycles. The number of amides is 2. The van der Waals surface area contributed by atoms with Crippen LogP contribution in [0, 0.1) is 5.82 Å². The van der Waals surface area contributed by atoms with E-state index in [0.29, 0.717) is 42.5 Å². The average molecular weight is 475 g/mol. The van der Waals surface area contributed by atoms with Crippen LogP contribution in [0.3, 0.4) is 0 Å². The number of hydrogen-bond donors (Lipinski definition) is 1. The molecule has 0 fully saturated rings. The Labute approximate surface area is 198 Å². The fourth-order valence-corrected chi connectivity index (χ4v) is 4.13. The third-order valence-electron chi connectivity index (χ3n) is 5.62. The van der Waals surface area contributed by atoms with Crippen molar-refractivity contribution in [2.75, 3.05) is 34.3 Å². The van der Waals surface area contributed by atoms with Crippen molar-refractivity contribution in [1.82, 2.24) is 19.6 Å². The maximum atomic E-state index is 13.6. The quantitative estimate of drug-likeness (QED) is 0.566. The zero-order valence-corrected chi connectivity index (χ0v) is 19.7. The van der Waals surface area contributed by atoms with Crippen molar-refractivity contribution in [1.29, 1.82) is 0 Å². The number of nitrogens with zero attached hydrogens (tertiary/aromatic N) is 4. The minimum absolute atomic E-state index is 0.0373. The molecule has 176 valence electrons. The summed E-state index contributed by atoms with van der Waals surface area (Å²) in [5, 5.41) is 9.79. The summed E-state index contributed by atoms with van der Waals surface area (Å²) in [6.07, 6.45) is 0.686. The highest BCUT2D eigenvalue weighted by atomic mass is 35.5. The molecule has 2 amide bonds. The van der Waals surface area contributed by atoms with Crippen molar-refractivity contribution in [3.63, 3.8) is 0 Å². The summed E-state index contributed by atoms with van der Waals surface area (Å²) in [6, 6.07) is 13.4. The SMILES string of the molecule is CN(C=O)C1=C(C(=O)N(C)CCCO)N(Cc2ccc(F)cc2)C(c2ccc(Cl)cc2)N1C. The third kappa shape index (κ3) is 5.29. The van der Waals surface area contributed by atoms with Crippen LogP contribution >= 0.6 is 11.6 Å². The van der Waals surface area contributed by atoms with E-state index in [0.717, 1.165) is 11.1 Å². The Morgan fingerprint density at radius 2 is 1.79 bits per heavy atom. The molecule has 0 spiro atoms. The van der Waals surface area contributed by atoms with Gasteiger partial charge in [0.05, 0.1) is 0 Å². The number of hydrogen-bond acceptors (Lipinski definition) is 5. The highest BCUT2D eigenvalue weighted by molar-refractivity contribution is 6.30. The van der Waals surface area contributed by atoms with Gasteiger partial charge in [-0.1, -0.05) is 35.9 Å². The lowest BCUT2D eigenvalue weighted by atomic mass is 10.1. The first-order valence-corrected chi connectivity index (χ1v) is 10.9. The van der Waals surface area contributed by atoms with Crippen LogP contribution in [0.2, 0.25) is 5.02 Å². The molecule has 1 aliphatic rings. The lowest BCUT2D eigenvalue weighted by molar-refractivity contribution is -0.128. The molecule has 0 saturated heterocycles. The van der Waals surface area contributed by atoms with Gasteiger partial charge in [0.25, 0.3) is 5.91 Å². The van der Waals surface area contributed by atoms with Crippen LogP contribution in [0.5, 0.6) is 0 Å². The van der Waals surface area contributed by atoms with E-state index >= 15 is 0 Å². The van der Waals surface area contributed by atoms with E-state index in [1.807, 2.05) is 29.0 Å². The molecule has 7 nitrogen and oxygen atoms in total. The number of likely N-dealkylation sites (N-methyl/N-ethyl adjacent to an activating group) is 1. The van der Waals surface area contributed by atoms with Gasteiger partial charge in [-0.2, -0.15) is 0 Å². The van der Waals surface area contributed by atoms with Crippen molar-refractivity contribution in [3.05, 3.63) is 82.0 Å². The Kier molecular flexibility index (Phi) is 7.94. The predicted octanol–water partition coefficient (Wildman–Crippen LogP) is 3.02. The van der Waals surface area contributed by atoms with Crippen molar-refractivity contribution in [2.45, 2.75) is 19.1 Å². The number of aliphatic hydroxyl groups is 1. The molecule has 1 heterocycles. The van der Waals surface area contributed by atoms with Crippen molar-refractivity contribution < 1.29 is 19.1 Å². The molecule has 0 saturated carbocycles. The lowest BCUT2D eigenvalue weighted by Crippen LogP contribution is -2.37. The van der Waals surface area contributed by atoms with Gasteiger partial charge >= 0.3 is 0 Å². The maximum Gasteiger partial charge on any atom is 0.273 e. The van der Waals surface area contributed by atoms with Gasteiger partial charge in [0, 0.05) is 45.9 Å². The van der Waals surface area contributed by atoms with Crippen LogP contribution in [-0.4, -0.2) is 71.3 Å². The van der Waals surface area contributed by atoms with Crippen LogP contribution in [0.15, 0.2) is 60.0 Å². The summed E-state index contributed by atoms with van der Waals surface area (Å²) in [4.78, 5) is 32.1. The topological polar surface area (TPSA) is 67.3 Å². The highest BCUT2D eigenvalue weighted by Crippen LogP contribution is 2.41. The van der Waals surface area contributed by atoms with E-state index in [2.05, 4.69) is 0 Å². The Hall–Kier alpha value is -3.10. The first kappa shape index (κ1) is 24.5. The van der Waals surface area contributed by atoms with Crippen LogP contribution < -0.4 is 0 Å². The molecular weight excluding hydrogens is 447 g/mol. The van der Waals surface area contributed by atoms with Gasteiger partial charge in [-0.15, -0.1) is 0 Å². The van der Waals surface area contributed by atoms with E-state index in [4.69, 9.17) is 11.6 Å². The fourth-order valence-electron chi connectivity index (χ4n) is 4.01. The molecule has 2 aromatic carbocycles. The summed E-state index contributed by atoms with van der Waals surface area (Å²) in [7, 11) is 5.08. The summed E-state index contributed by atoms with van der Waals surface area (Å²) in [5.74, 6) is -0.172. The second-order valence-electron chi connectivity index (χ2n) is 7.98. The van der Waals surface area contributed by atoms with Gasteiger partial charge in [-0.05, 0) is 41.8 Å². The van der Waals surface area contributed by atoms with E-state index in [9.17, 15) is 19.1 Å². The Morgan fingerprint density at radius 3 is 2.36 bits per heavy atom. The Balaban J connectivity index is 2.12. The number of rotatable bonds is 9. The summed E-state index contributed by atoms with van der Waals surface area (Å²) < 4.78 is 13.5. The second kappa shape index (κ2) is 10.7. The van der Waals surface area contributed by atoms with Gasteiger partial charge in [0.1, 0.15) is 23.5 Å². The first-order valence-electron chi connectivity index (χ1n) is 10.6. The first-order chi connectivity index (χ1) is 15.8. The molecule has 33 heavy (non-hydrogen) atoms. The second-order valence-corrected chi connectivity index (χ2v) is 8.42. The highest BCUT2D eigenvalue weighted by Gasteiger charge is 2.42. The fraction of sp³-hybridized carbons (Fsp3) is 0.333. The van der Waals surface area contributed by atoms with Crippen molar-refractivity contribution in [2.24, 2.45) is 0 Å². The van der Waals surface area contributed by atoms with Crippen molar-refractivity contribution in [3.8, 4) is 0 Å². The molecule has 1 N–H and O–H groups in total. The molecule has 1 atom stereocenters. The lowest BCUT2D eigenvalue weighted by Gasteiger charge is -2.34. The molecule has 1 aliphatic heterocycles. The zero-order chi connectivity index (χ0) is 24.1. The van der Waals surface area contributed by atoms with Crippen LogP contribution in [-0.2, 0) is 16.1 Å². The van der Waals surface area contributed by atoms with Crippen LogP contribution in [0.25, 0.3) is 0 Å². The number of aliphatic hydroxyl groups excluding tert-OH is 1. The monoisotopic (exact) mass is 474 g/mol. The van der Waals surface area contributed by atoms with Crippen molar-refractivity contribution >= 4 is 23.9 Å². The molecule has 9 heteroatoms. The average Bonchev–Trinajstić information content (AvgIpc) is 3.10. The van der Waals surface area contributed by atoms with E-state index in [-0.39, 0.29) is 18.3 Å². The Morgan fingerprint density at radius 1 is 1.15 bits per heavy atom. The summed E-state index contributed by atoms with van der Waals surface area (Å²) >= 11 is 6.10. The van der Waals surface area contributed by atoms with Gasteiger partial charge in [-0.3, -0.25) is 9.59 Å². The largest absolute Gasteiger partial charge is 0.396 e. The van der Waals surface area contributed by atoms with Gasteiger partial charge in [-0.25, -0.2) is 4.39 Å². The standard InChI is InChI=1S/C24H28ClFN4O3/c1-27(13-4-14-31)24(33)21-23(28(2)16-32)29(3)22(18-7-9-19(25)10-8-18)30(21)15-17-5-11-20(26)12-6-17/h5-12,16,22,31H,4,13-15H2,1-3H3. The minimum atomic E-state index is -0.407. The van der Waals surface area contributed by atoms with Gasteiger partial charge in [0.2, 0.25) is 6.41 Å². The zero-order valence-electron chi connectivity index (χ0n) is 18.9. The predicted molar refractivity (Wildman–Crippen MR) is 124 cm³/mol. The maximum absolute atomic E-state index is 13.6. The molecule has 3 rings (SSSR count). The van der Waals surface area contributed by atoms with Crippen LogP contribution in [0.4, 0.5) is 4.39 Å². The number of carbonyl (C=O) groups is 2. The molecule has 0 radical (unpaired) electrons. The number of benzene rings is 2. The van der Waals surface area contributed by atoms with Gasteiger partial charge in [0.15, 0.2) is 0 Å². The molecule has 1 unspecified atom stereocenters. The van der Waals surface area contributed by atoms with E-state index in [1.54, 1.807) is 38.4 Å². The molecule has 0 bridgehead atoms. The third-order valence-corrected chi connectivity index (χ3v) is 5.87.